The molecule has 15 heavy (non-hydrogen) atoms. The van der Waals surface area contributed by atoms with Crippen LogP contribution in [0, 0.1) is 3.70 Å². The molecule has 1 aromatic heterocycles. The molecular formula is C10H9IN2O2. The second kappa shape index (κ2) is 3.23. The van der Waals surface area contributed by atoms with Crippen molar-refractivity contribution in [3.63, 3.8) is 0 Å². The van der Waals surface area contributed by atoms with E-state index in [9.17, 15) is 5.11 Å². The van der Waals surface area contributed by atoms with Crippen molar-refractivity contribution in [3.8, 4) is 0 Å². The zero-order chi connectivity index (χ0) is 10.5. The van der Waals surface area contributed by atoms with E-state index in [1.54, 1.807) is 0 Å². The summed E-state index contributed by atoms with van der Waals surface area (Å²) in [5, 5.41) is 18.2. The predicted molar refractivity (Wildman–Crippen MR) is 62.2 cm³/mol. The van der Waals surface area contributed by atoms with Gasteiger partial charge in [0.2, 0.25) is 0 Å². The van der Waals surface area contributed by atoms with E-state index in [1.165, 1.54) is 0 Å². The number of fused-ring (bicyclic) bond motifs is 1. The van der Waals surface area contributed by atoms with Crippen LogP contribution < -0.4 is 0 Å². The molecule has 2 heterocycles. The van der Waals surface area contributed by atoms with Crippen molar-refractivity contribution in [1.82, 2.24) is 10.2 Å². The summed E-state index contributed by atoms with van der Waals surface area (Å²) in [4.78, 5) is 0. The summed E-state index contributed by atoms with van der Waals surface area (Å²) in [6, 6.07) is 1.98. The van der Waals surface area contributed by atoms with Crippen LogP contribution in [0.3, 0.4) is 0 Å². The Balaban J connectivity index is 1.96. The molecule has 4 nitrogen and oxygen atoms in total. The molecule has 1 N–H and O–H groups in total. The van der Waals surface area contributed by atoms with E-state index in [4.69, 9.17) is 4.74 Å². The molecule has 2 aliphatic rings. The summed E-state index contributed by atoms with van der Waals surface area (Å²) < 4.78 is 5.92. The highest BCUT2D eigenvalue weighted by atomic mass is 127. The fourth-order valence-electron chi connectivity index (χ4n) is 1.87. The van der Waals surface area contributed by atoms with Crippen molar-refractivity contribution in [2.75, 3.05) is 13.2 Å². The smallest absolute Gasteiger partial charge is 0.133 e. The van der Waals surface area contributed by atoms with Crippen molar-refractivity contribution in [2.24, 2.45) is 0 Å². The van der Waals surface area contributed by atoms with Crippen molar-refractivity contribution in [2.45, 2.75) is 12.0 Å². The number of nitrogens with zero attached hydrogens (tertiary/aromatic N) is 2. The normalized spacial score (nSPS) is 21.9. The molecule has 5 heteroatoms. The third kappa shape index (κ3) is 1.49. The Bertz CT molecular complexity index is 455. The van der Waals surface area contributed by atoms with Crippen LogP contribution in [0.1, 0.15) is 11.3 Å². The maximum atomic E-state index is 10.1. The number of hydrogen-bond acceptors (Lipinski definition) is 4. The van der Waals surface area contributed by atoms with E-state index in [0.29, 0.717) is 19.6 Å². The predicted octanol–water partition coefficient (Wildman–Crippen LogP) is 0.782. The second-order valence-electron chi connectivity index (χ2n) is 3.94. The van der Waals surface area contributed by atoms with Gasteiger partial charge in [-0.05, 0) is 34.2 Å². The maximum Gasteiger partial charge on any atom is 0.133 e. The SMILES string of the molecule is OC1(C2=Cc3cc(I)nnc3C2)COC1. The molecule has 78 valence electrons. The number of hydrogen-bond donors (Lipinski definition) is 1. The molecule has 0 radical (unpaired) electrons. The summed E-state index contributed by atoms with van der Waals surface area (Å²) in [6.07, 6.45) is 2.70. The summed E-state index contributed by atoms with van der Waals surface area (Å²) in [5.41, 5.74) is 2.27. The van der Waals surface area contributed by atoms with Gasteiger partial charge in [0.1, 0.15) is 9.30 Å². The van der Waals surface area contributed by atoms with Gasteiger partial charge < -0.3 is 9.84 Å². The Kier molecular flexibility index (Phi) is 2.08. The zero-order valence-electron chi connectivity index (χ0n) is 7.90. The van der Waals surface area contributed by atoms with Gasteiger partial charge >= 0.3 is 0 Å². The number of rotatable bonds is 1. The summed E-state index contributed by atoms with van der Waals surface area (Å²) >= 11 is 2.13. The summed E-state index contributed by atoms with van der Waals surface area (Å²) in [6.45, 7) is 0.800. The molecule has 0 unspecified atom stereocenters. The topological polar surface area (TPSA) is 55.2 Å². The zero-order valence-corrected chi connectivity index (χ0v) is 10.1. The van der Waals surface area contributed by atoms with E-state index in [1.807, 2.05) is 12.1 Å². The quantitative estimate of drug-likeness (QED) is 0.778. The third-order valence-corrected chi connectivity index (χ3v) is 3.37. The number of halogens is 1. The van der Waals surface area contributed by atoms with Crippen LogP contribution in [0.5, 0.6) is 0 Å². The average molecular weight is 316 g/mol. The molecule has 0 saturated carbocycles. The van der Waals surface area contributed by atoms with Crippen LogP contribution >= 0.6 is 22.6 Å². The average Bonchev–Trinajstić information content (AvgIpc) is 2.57. The lowest BCUT2D eigenvalue weighted by Gasteiger charge is -2.37. The standard InChI is InChI=1S/C10H9IN2O2/c11-9-2-6-1-7(3-8(6)12-13-9)10(14)4-15-5-10/h1-2,14H,3-5H2. The Morgan fingerprint density at radius 1 is 1.40 bits per heavy atom. The van der Waals surface area contributed by atoms with E-state index >= 15 is 0 Å². The first-order chi connectivity index (χ1) is 7.17. The summed E-state index contributed by atoms with van der Waals surface area (Å²) in [7, 11) is 0. The molecule has 0 bridgehead atoms. The lowest BCUT2D eigenvalue weighted by Crippen LogP contribution is -2.51. The molecule has 0 amide bonds. The van der Waals surface area contributed by atoms with E-state index in [2.05, 4.69) is 32.8 Å². The highest BCUT2D eigenvalue weighted by Gasteiger charge is 2.41. The van der Waals surface area contributed by atoms with Gasteiger partial charge in [0, 0.05) is 12.0 Å². The maximum absolute atomic E-state index is 10.1. The molecule has 1 aliphatic carbocycles. The van der Waals surface area contributed by atoms with Crippen molar-refractivity contribution < 1.29 is 9.84 Å². The van der Waals surface area contributed by atoms with Crippen LogP contribution in [0.4, 0.5) is 0 Å². The van der Waals surface area contributed by atoms with Gasteiger partial charge in [-0.25, -0.2) is 0 Å². The molecule has 1 aromatic rings. The molecule has 3 rings (SSSR count). The molecule has 0 aromatic carbocycles. The fourth-order valence-corrected chi connectivity index (χ4v) is 2.31. The van der Waals surface area contributed by atoms with Crippen LogP contribution in [0.25, 0.3) is 6.08 Å². The molecule has 1 aliphatic heterocycles. The Morgan fingerprint density at radius 2 is 2.20 bits per heavy atom. The third-order valence-electron chi connectivity index (χ3n) is 2.84. The van der Waals surface area contributed by atoms with Crippen LogP contribution in [-0.2, 0) is 11.2 Å². The van der Waals surface area contributed by atoms with Gasteiger partial charge in [-0.2, -0.15) is 5.10 Å². The highest BCUT2D eigenvalue weighted by molar-refractivity contribution is 14.1. The van der Waals surface area contributed by atoms with Crippen LogP contribution in [-0.4, -0.2) is 34.1 Å². The lowest BCUT2D eigenvalue weighted by atomic mass is 9.91. The Hall–Kier alpha value is -0.530. The van der Waals surface area contributed by atoms with E-state index in [0.717, 1.165) is 20.5 Å². The monoisotopic (exact) mass is 316 g/mol. The Labute approximate surface area is 100 Å². The minimum Gasteiger partial charge on any atom is -0.381 e. The molecule has 0 atom stereocenters. The Morgan fingerprint density at radius 3 is 2.87 bits per heavy atom. The van der Waals surface area contributed by atoms with Gasteiger partial charge in [-0.15, -0.1) is 5.10 Å². The van der Waals surface area contributed by atoms with E-state index < -0.39 is 5.60 Å². The fraction of sp³-hybridized carbons (Fsp3) is 0.400. The lowest BCUT2D eigenvalue weighted by molar-refractivity contribution is -0.154. The second-order valence-corrected chi connectivity index (χ2v) is 5.05. The van der Waals surface area contributed by atoms with Crippen molar-refractivity contribution in [3.05, 3.63) is 26.6 Å². The molecule has 1 fully saturated rings. The van der Waals surface area contributed by atoms with Crippen LogP contribution in [0.15, 0.2) is 11.6 Å². The first kappa shape index (κ1) is 9.68. The van der Waals surface area contributed by atoms with Gasteiger partial charge in [0.25, 0.3) is 0 Å². The largest absolute Gasteiger partial charge is 0.381 e. The van der Waals surface area contributed by atoms with Gasteiger partial charge in [0.05, 0.1) is 18.9 Å². The van der Waals surface area contributed by atoms with E-state index in [-0.39, 0.29) is 0 Å². The van der Waals surface area contributed by atoms with Crippen molar-refractivity contribution in [1.29, 1.82) is 0 Å². The first-order valence-corrected chi connectivity index (χ1v) is 5.78. The highest BCUT2D eigenvalue weighted by Crippen LogP contribution is 2.34. The number of aliphatic hydroxyl groups is 1. The molecule has 1 saturated heterocycles. The summed E-state index contributed by atoms with van der Waals surface area (Å²) in [5.74, 6) is 0. The van der Waals surface area contributed by atoms with Gasteiger partial charge in [0.15, 0.2) is 0 Å². The minimum atomic E-state index is -0.758. The minimum absolute atomic E-state index is 0.400. The first-order valence-electron chi connectivity index (χ1n) is 4.71. The molecular weight excluding hydrogens is 307 g/mol. The van der Waals surface area contributed by atoms with Crippen molar-refractivity contribution >= 4 is 28.7 Å². The van der Waals surface area contributed by atoms with Crippen LogP contribution in [0.2, 0.25) is 0 Å². The molecule has 0 spiro atoms. The van der Waals surface area contributed by atoms with Gasteiger partial charge in [-0.3, -0.25) is 0 Å². The van der Waals surface area contributed by atoms with Gasteiger partial charge in [-0.1, -0.05) is 6.08 Å². The number of aromatic nitrogens is 2. The number of ether oxygens (including phenoxy) is 1.